The molecule has 2 rings (SSSR count). The fraction of sp³-hybridized carbons (Fsp3) is 0.529. The molecule has 1 fully saturated rings. The molecule has 0 saturated carbocycles. The molecule has 0 spiro atoms. The Morgan fingerprint density at radius 2 is 2.04 bits per heavy atom. The first-order valence-electron chi connectivity index (χ1n) is 7.60. The maximum absolute atomic E-state index is 12.2. The minimum absolute atomic E-state index is 0.149. The molecule has 1 unspecified atom stereocenters. The zero-order valence-electron chi connectivity index (χ0n) is 13.6. The monoisotopic (exact) mass is 357 g/mol. The molecule has 1 aliphatic rings. The number of ketones is 1. The van der Waals surface area contributed by atoms with Crippen LogP contribution in [0, 0.1) is 5.92 Å². The van der Waals surface area contributed by atoms with Gasteiger partial charge in [-0.1, -0.05) is 29.3 Å². The fourth-order valence-electron chi connectivity index (χ4n) is 2.53. The third kappa shape index (κ3) is 5.11. The van der Waals surface area contributed by atoms with E-state index in [1.165, 1.54) is 0 Å². The topological polar surface area (TPSA) is 46.6 Å². The van der Waals surface area contributed by atoms with Crippen molar-refractivity contribution >= 4 is 35.1 Å². The second-order valence-electron chi connectivity index (χ2n) is 6.78. The normalized spacial score (nSPS) is 18.9. The van der Waals surface area contributed by atoms with Gasteiger partial charge in [-0.3, -0.25) is 4.79 Å². The highest BCUT2D eigenvalue weighted by Crippen LogP contribution is 2.26. The molecule has 0 aliphatic carbocycles. The minimum atomic E-state index is -0.548. The number of hydrogen-bond donors (Lipinski definition) is 0. The molecule has 1 atom stereocenters. The van der Waals surface area contributed by atoms with Crippen molar-refractivity contribution in [3.05, 3.63) is 33.8 Å². The fourth-order valence-corrected chi connectivity index (χ4v) is 3.02. The summed E-state index contributed by atoms with van der Waals surface area (Å²) in [6.45, 7) is 6.23. The predicted molar refractivity (Wildman–Crippen MR) is 91.1 cm³/mol. The third-order valence-corrected chi connectivity index (χ3v) is 4.24. The first-order valence-corrected chi connectivity index (χ1v) is 8.36. The molecule has 0 bridgehead atoms. The summed E-state index contributed by atoms with van der Waals surface area (Å²) >= 11 is 12.1. The van der Waals surface area contributed by atoms with Crippen LogP contribution in [0.4, 0.5) is 4.79 Å². The van der Waals surface area contributed by atoms with Crippen molar-refractivity contribution in [2.45, 2.75) is 39.2 Å². The summed E-state index contributed by atoms with van der Waals surface area (Å²) in [4.78, 5) is 26.0. The number of piperidine rings is 1. The molecule has 126 valence electrons. The van der Waals surface area contributed by atoms with E-state index in [4.69, 9.17) is 27.9 Å². The number of rotatable bonds is 2. The maximum Gasteiger partial charge on any atom is 0.410 e. The summed E-state index contributed by atoms with van der Waals surface area (Å²) in [6, 6.07) is 5.24. The van der Waals surface area contributed by atoms with Gasteiger partial charge in [0.25, 0.3) is 0 Å². The second kappa shape index (κ2) is 7.10. The molecule has 1 aromatic rings. The number of benzene rings is 1. The van der Waals surface area contributed by atoms with Crippen LogP contribution in [0.3, 0.4) is 0 Å². The quantitative estimate of drug-likeness (QED) is 0.789. The van der Waals surface area contributed by atoms with Crippen LogP contribution in [0.15, 0.2) is 18.2 Å². The molecule has 6 heteroatoms. The summed E-state index contributed by atoms with van der Waals surface area (Å²) in [5.74, 6) is -0.120. The zero-order chi connectivity index (χ0) is 17.2. The highest BCUT2D eigenvalue weighted by atomic mass is 35.5. The Balaban J connectivity index is 2.06. The second-order valence-corrected chi connectivity index (χ2v) is 7.62. The number of nitrogens with zero attached hydrogens (tertiary/aromatic N) is 1. The molecule has 1 amide bonds. The average Bonchev–Trinajstić information content (AvgIpc) is 2.42. The van der Waals surface area contributed by atoms with Gasteiger partial charge in [0.2, 0.25) is 0 Å². The van der Waals surface area contributed by atoms with Gasteiger partial charge in [0.15, 0.2) is 0 Å². The number of hydrogen-bond acceptors (Lipinski definition) is 3. The van der Waals surface area contributed by atoms with Gasteiger partial charge in [-0.25, -0.2) is 4.79 Å². The molecule has 1 aliphatic heterocycles. The summed E-state index contributed by atoms with van der Waals surface area (Å²) in [5.41, 5.74) is 0.313. The number of likely N-dealkylation sites (tertiary alicyclic amines) is 1. The first kappa shape index (κ1) is 18.1. The lowest BCUT2D eigenvalue weighted by Crippen LogP contribution is -2.46. The van der Waals surface area contributed by atoms with Crippen molar-refractivity contribution in [1.29, 1.82) is 0 Å². The maximum atomic E-state index is 12.2. The highest BCUT2D eigenvalue weighted by molar-refractivity contribution is 6.35. The van der Waals surface area contributed by atoms with Gasteiger partial charge in [-0.2, -0.15) is 0 Å². The van der Waals surface area contributed by atoms with Crippen molar-refractivity contribution in [1.82, 2.24) is 4.90 Å². The van der Waals surface area contributed by atoms with E-state index < -0.39 is 5.60 Å². The van der Waals surface area contributed by atoms with E-state index in [9.17, 15) is 9.59 Å². The minimum Gasteiger partial charge on any atom is -0.444 e. The molecule has 4 nitrogen and oxygen atoms in total. The molecule has 1 heterocycles. The van der Waals surface area contributed by atoms with Crippen LogP contribution in [0.2, 0.25) is 10.0 Å². The van der Waals surface area contributed by atoms with Crippen molar-refractivity contribution < 1.29 is 14.3 Å². The third-order valence-electron chi connectivity index (χ3n) is 3.66. The molecule has 1 saturated heterocycles. The highest BCUT2D eigenvalue weighted by Gasteiger charge is 2.32. The lowest BCUT2D eigenvalue weighted by Gasteiger charge is -2.33. The molecule has 0 N–H and O–H groups in total. The standard InChI is InChI=1S/C17H21Cl2NO3/c1-17(2,3)23-16(22)20-7-6-15(21)12(10-20)8-11-4-5-13(18)9-14(11)19/h4-5,9,12H,6-8,10H2,1-3H3. The van der Waals surface area contributed by atoms with Gasteiger partial charge in [-0.05, 0) is 44.9 Å². The smallest absolute Gasteiger partial charge is 0.410 e. The summed E-state index contributed by atoms with van der Waals surface area (Å²) in [5, 5.41) is 1.10. The van der Waals surface area contributed by atoms with Gasteiger partial charge in [-0.15, -0.1) is 0 Å². The van der Waals surface area contributed by atoms with Crippen LogP contribution in [0.5, 0.6) is 0 Å². The van der Waals surface area contributed by atoms with Crippen molar-refractivity contribution in [2.75, 3.05) is 13.1 Å². The van der Waals surface area contributed by atoms with Crippen LogP contribution in [-0.4, -0.2) is 35.5 Å². The number of Topliss-reactive ketones (excluding diaryl/α,β-unsaturated/α-hetero) is 1. The number of carbonyl (C=O) groups is 2. The van der Waals surface area contributed by atoms with Gasteiger partial charge in [0.05, 0.1) is 0 Å². The van der Waals surface area contributed by atoms with Crippen molar-refractivity contribution in [3.63, 3.8) is 0 Å². The molecular formula is C17H21Cl2NO3. The van der Waals surface area contributed by atoms with E-state index in [2.05, 4.69) is 0 Å². The Morgan fingerprint density at radius 3 is 2.65 bits per heavy atom. The van der Waals surface area contributed by atoms with Gasteiger partial charge in [0, 0.05) is 35.5 Å². The number of ether oxygens (including phenoxy) is 1. The Morgan fingerprint density at radius 1 is 1.35 bits per heavy atom. The zero-order valence-corrected chi connectivity index (χ0v) is 15.1. The van der Waals surface area contributed by atoms with E-state index in [0.29, 0.717) is 36.0 Å². The van der Waals surface area contributed by atoms with Gasteiger partial charge < -0.3 is 9.64 Å². The largest absolute Gasteiger partial charge is 0.444 e. The Kier molecular flexibility index (Phi) is 5.58. The van der Waals surface area contributed by atoms with Crippen LogP contribution >= 0.6 is 23.2 Å². The molecule has 0 aromatic heterocycles. The Labute approximate surface area is 146 Å². The Bertz CT molecular complexity index is 610. The lowest BCUT2D eigenvalue weighted by atomic mass is 9.90. The van der Waals surface area contributed by atoms with Crippen LogP contribution < -0.4 is 0 Å². The Hall–Kier alpha value is -1.26. The molecule has 0 radical (unpaired) electrons. The summed E-state index contributed by atoms with van der Waals surface area (Å²) < 4.78 is 5.38. The summed E-state index contributed by atoms with van der Waals surface area (Å²) in [6.07, 6.45) is 0.459. The number of amides is 1. The summed E-state index contributed by atoms with van der Waals surface area (Å²) in [7, 11) is 0. The van der Waals surface area contributed by atoms with E-state index in [1.807, 2.05) is 26.8 Å². The van der Waals surface area contributed by atoms with Crippen LogP contribution in [0.25, 0.3) is 0 Å². The van der Waals surface area contributed by atoms with Crippen molar-refractivity contribution in [2.24, 2.45) is 5.92 Å². The van der Waals surface area contributed by atoms with E-state index >= 15 is 0 Å². The van der Waals surface area contributed by atoms with Crippen molar-refractivity contribution in [3.8, 4) is 0 Å². The number of carbonyl (C=O) groups excluding carboxylic acids is 2. The van der Waals surface area contributed by atoms with Gasteiger partial charge in [0.1, 0.15) is 11.4 Å². The molecular weight excluding hydrogens is 337 g/mol. The van der Waals surface area contributed by atoms with E-state index in [1.54, 1.807) is 17.0 Å². The van der Waals surface area contributed by atoms with Crippen LogP contribution in [-0.2, 0) is 16.0 Å². The lowest BCUT2D eigenvalue weighted by molar-refractivity contribution is -0.125. The average molecular weight is 358 g/mol. The predicted octanol–water partition coefficient (Wildman–Crippen LogP) is 4.36. The SMILES string of the molecule is CC(C)(C)OC(=O)N1CCC(=O)C(Cc2ccc(Cl)cc2Cl)C1. The van der Waals surface area contributed by atoms with Gasteiger partial charge >= 0.3 is 6.09 Å². The van der Waals surface area contributed by atoms with E-state index in [-0.39, 0.29) is 17.8 Å². The van der Waals surface area contributed by atoms with E-state index in [0.717, 1.165) is 5.56 Å². The first-order chi connectivity index (χ1) is 10.7. The van der Waals surface area contributed by atoms with Crippen LogP contribution in [0.1, 0.15) is 32.8 Å². The molecule has 23 heavy (non-hydrogen) atoms. The number of halogens is 2. The molecule has 1 aromatic carbocycles.